The molecular formula is C30H43N7O. The van der Waals surface area contributed by atoms with Crippen molar-refractivity contribution in [3.05, 3.63) is 77.9 Å². The van der Waals surface area contributed by atoms with Crippen molar-refractivity contribution in [3.63, 3.8) is 0 Å². The Kier molecular flexibility index (Phi) is 10.7. The van der Waals surface area contributed by atoms with Gasteiger partial charge < -0.3 is 25.1 Å². The van der Waals surface area contributed by atoms with Crippen molar-refractivity contribution in [2.75, 3.05) is 13.1 Å². The van der Waals surface area contributed by atoms with Gasteiger partial charge in [-0.25, -0.2) is 9.97 Å². The van der Waals surface area contributed by atoms with Crippen LogP contribution in [0, 0.1) is 0 Å². The number of nitrogens with one attached hydrogen (secondary N) is 3. The summed E-state index contributed by atoms with van der Waals surface area (Å²) in [5.74, 6) is 1.39. The topological polar surface area (TPSA) is 92.9 Å². The Morgan fingerprint density at radius 2 is 1.55 bits per heavy atom. The summed E-state index contributed by atoms with van der Waals surface area (Å²) in [4.78, 5) is 32.1. The quantitative estimate of drug-likeness (QED) is 0.265. The minimum Gasteiger partial charge on any atom is -0.347 e. The Morgan fingerprint density at radius 1 is 0.947 bits per heavy atom. The second-order valence-corrected chi connectivity index (χ2v) is 10.3. The van der Waals surface area contributed by atoms with Crippen LogP contribution in [0.3, 0.4) is 0 Å². The Labute approximate surface area is 227 Å². The molecule has 8 heteroatoms. The SMILES string of the molecule is CCCN(CCC)C1CCC(NCc2ccc(C=CC(=O)N(Cc3ncc[nH]3)Cc3ncc[nH]3)cc2)CC1. The lowest BCUT2D eigenvalue weighted by atomic mass is 9.89. The minimum absolute atomic E-state index is 0.0874. The summed E-state index contributed by atoms with van der Waals surface area (Å²) >= 11 is 0. The molecule has 2 heterocycles. The van der Waals surface area contributed by atoms with E-state index < -0.39 is 0 Å². The minimum atomic E-state index is -0.0874. The van der Waals surface area contributed by atoms with Crippen LogP contribution in [-0.2, 0) is 24.4 Å². The highest BCUT2D eigenvalue weighted by Gasteiger charge is 2.24. The fourth-order valence-corrected chi connectivity index (χ4v) is 5.32. The molecule has 2 aromatic heterocycles. The van der Waals surface area contributed by atoms with Crippen molar-refractivity contribution >= 4 is 12.0 Å². The number of hydrogen-bond donors (Lipinski definition) is 3. The molecule has 1 aliphatic rings. The van der Waals surface area contributed by atoms with E-state index in [1.807, 2.05) is 6.08 Å². The average molecular weight is 518 g/mol. The fourth-order valence-electron chi connectivity index (χ4n) is 5.32. The van der Waals surface area contributed by atoms with Crippen LogP contribution in [-0.4, -0.2) is 60.8 Å². The molecule has 0 unspecified atom stereocenters. The second kappa shape index (κ2) is 14.6. The van der Waals surface area contributed by atoms with Gasteiger partial charge in [0, 0.05) is 49.5 Å². The van der Waals surface area contributed by atoms with Crippen molar-refractivity contribution in [3.8, 4) is 0 Å². The first-order chi connectivity index (χ1) is 18.6. The molecule has 0 atom stereocenters. The number of benzene rings is 1. The zero-order valence-electron chi connectivity index (χ0n) is 22.9. The Hall–Kier alpha value is -3.23. The maximum Gasteiger partial charge on any atom is 0.247 e. The van der Waals surface area contributed by atoms with Gasteiger partial charge in [-0.3, -0.25) is 4.79 Å². The maximum absolute atomic E-state index is 13.0. The van der Waals surface area contributed by atoms with Crippen molar-refractivity contribution in [2.45, 2.75) is 84.1 Å². The molecule has 38 heavy (non-hydrogen) atoms. The molecule has 8 nitrogen and oxygen atoms in total. The first-order valence-corrected chi connectivity index (χ1v) is 14.1. The summed E-state index contributed by atoms with van der Waals surface area (Å²) in [6.07, 6.45) is 18.0. The largest absolute Gasteiger partial charge is 0.347 e. The van der Waals surface area contributed by atoms with E-state index in [2.05, 4.69) is 68.3 Å². The van der Waals surface area contributed by atoms with E-state index >= 15 is 0 Å². The molecule has 0 bridgehead atoms. The number of imidazole rings is 2. The Balaban J connectivity index is 1.25. The number of amides is 1. The third-order valence-corrected chi connectivity index (χ3v) is 7.33. The van der Waals surface area contributed by atoms with E-state index in [-0.39, 0.29) is 5.91 Å². The predicted molar refractivity (Wildman–Crippen MR) is 152 cm³/mol. The van der Waals surface area contributed by atoms with Gasteiger partial charge in [0.25, 0.3) is 0 Å². The maximum atomic E-state index is 13.0. The zero-order valence-corrected chi connectivity index (χ0v) is 22.9. The molecule has 1 fully saturated rings. The van der Waals surface area contributed by atoms with Gasteiger partial charge in [0.2, 0.25) is 5.91 Å². The number of hydrogen-bond acceptors (Lipinski definition) is 5. The number of nitrogens with zero attached hydrogens (tertiary/aromatic N) is 4. The predicted octanol–water partition coefficient (Wildman–Crippen LogP) is 4.90. The first-order valence-electron chi connectivity index (χ1n) is 14.1. The van der Waals surface area contributed by atoms with Crippen LogP contribution >= 0.6 is 0 Å². The van der Waals surface area contributed by atoms with Crippen LogP contribution in [0.5, 0.6) is 0 Å². The van der Waals surface area contributed by atoms with Crippen LogP contribution in [0.4, 0.5) is 0 Å². The molecule has 0 aliphatic heterocycles. The summed E-state index contributed by atoms with van der Waals surface area (Å²) in [7, 11) is 0. The van der Waals surface area contributed by atoms with E-state index in [0.717, 1.165) is 29.8 Å². The smallest absolute Gasteiger partial charge is 0.247 e. The summed E-state index contributed by atoms with van der Waals surface area (Å²) < 4.78 is 0. The molecule has 0 saturated heterocycles. The number of carbonyl (C=O) groups is 1. The molecule has 204 valence electrons. The van der Waals surface area contributed by atoms with Crippen molar-refractivity contribution in [2.24, 2.45) is 0 Å². The van der Waals surface area contributed by atoms with Crippen molar-refractivity contribution in [1.29, 1.82) is 0 Å². The summed E-state index contributed by atoms with van der Waals surface area (Å²) in [5, 5.41) is 3.77. The second-order valence-electron chi connectivity index (χ2n) is 10.3. The normalized spacial score (nSPS) is 17.9. The van der Waals surface area contributed by atoms with Gasteiger partial charge in [-0.1, -0.05) is 38.1 Å². The molecule has 0 radical (unpaired) electrons. The van der Waals surface area contributed by atoms with Crippen LogP contribution in [0.15, 0.2) is 55.1 Å². The molecule has 1 saturated carbocycles. The third-order valence-electron chi connectivity index (χ3n) is 7.33. The number of aromatic nitrogens is 4. The number of rotatable bonds is 14. The third kappa shape index (κ3) is 8.39. The van der Waals surface area contributed by atoms with Crippen LogP contribution in [0.2, 0.25) is 0 Å². The van der Waals surface area contributed by atoms with Gasteiger partial charge in [0.05, 0.1) is 13.1 Å². The lowest BCUT2D eigenvalue weighted by molar-refractivity contribution is -0.127. The van der Waals surface area contributed by atoms with E-state index in [0.29, 0.717) is 19.1 Å². The molecule has 3 N–H and O–H groups in total. The van der Waals surface area contributed by atoms with E-state index in [1.54, 1.807) is 35.8 Å². The molecule has 1 aromatic carbocycles. The lowest BCUT2D eigenvalue weighted by Crippen LogP contribution is -2.43. The molecule has 4 rings (SSSR count). The van der Waals surface area contributed by atoms with Gasteiger partial charge in [-0.15, -0.1) is 0 Å². The van der Waals surface area contributed by atoms with E-state index in [9.17, 15) is 4.79 Å². The standard InChI is InChI=1S/C30H43N7O/c1-3-19-36(20-4-2)27-12-10-26(11-13-27)35-21-25-7-5-24(6-8-25)9-14-30(38)37(22-28-31-15-16-32-28)23-29-33-17-18-34-29/h5-9,14-18,26-27,35H,3-4,10-13,19-23H2,1-2H3,(H,31,32)(H,33,34). The molecule has 1 aliphatic carbocycles. The molecule has 0 spiro atoms. The van der Waals surface area contributed by atoms with Crippen molar-refractivity contribution < 1.29 is 4.79 Å². The summed E-state index contributed by atoms with van der Waals surface area (Å²) in [6, 6.07) is 9.81. The fraction of sp³-hybridized carbons (Fsp3) is 0.500. The Morgan fingerprint density at radius 3 is 2.08 bits per heavy atom. The van der Waals surface area contributed by atoms with Crippen molar-refractivity contribution in [1.82, 2.24) is 35.1 Å². The first kappa shape index (κ1) is 27.8. The number of aromatic amines is 2. The van der Waals surface area contributed by atoms with Crippen LogP contribution in [0.25, 0.3) is 6.08 Å². The van der Waals surface area contributed by atoms with Gasteiger partial charge in [-0.2, -0.15) is 0 Å². The number of H-pyrrole nitrogens is 2. The highest BCUT2D eigenvalue weighted by molar-refractivity contribution is 5.91. The zero-order chi connectivity index (χ0) is 26.6. The molecule has 1 amide bonds. The summed E-state index contributed by atoms with van der Waals surface area (Å²) in [6.45, 7) is 8.69. The monoisotopic (exact) mass is 517 g/mol. The highest BCUT2D eigenvalue weighted by atomic mass is 16.2. The molecular weight excluding hydrogens is 474 g/mol. The van der Waals surface area contributed by atoms with E-state index in [4.69, 9.17) is 0 Å². The summed E-state index contributed by atoms with van der Waals surface area (Å²) in [5.41, 5.74) is 2.27. The van der Waals surface area contributed by atoms with Gasteiger partial charge >= 0.3 is 0 Å². The highest BCUT2D eigenvalue weighted by Crippen LogP contribution is 2.24. The lowest BCUT2D eigenvalue weighted by Gasteiger charge is -2.37. The average Bonchev–Trinajstić information content (AvgIpc) is 3.66. The van der Waals surface area contributed by atoms with Gasteiger partial charge in [-0.05, 0) is 68.8 Å². The van der Waals surface area contributed by atoms with Gasteiger partial charge in [0.15, 0.2) is 0 Å². The van der Waals surface area contributed by atoms with Gasteiger partial charge in [0.1, 0.15) is 11.6 Å². The van der Waals surface area contributed by atoms with Crippen LogP contribution in [0.1, 0.15) is 75.1 Å². The van der Waals surface area contributed by atoms with Crippen LogP contribution < -0.4 is 5.32 Å². The van der Waals surface area contributed by atoms with E-state index in [1.165, 1.54) is 57.2 Å². The Bertz CT molecular complexity index is 1040. The molecule has 3 aromatic rings. The number of carbonyl (C=O) groups excluding carboxylic acids is 1.